The summed E-state index contributed by atoms with van der Waals surface area (Å²) in [5, 5.41) is 9.20. The van der Waals surface area contributed by atoms with E-state index in [1.54, 1.807) is 18.7 Å². The van der Waals surface area contributed by atoms with Gasteiger partial charge in [0.15, 0.2) is 0 Å². The van der Waals surface area contributed by atoms with Crippen LogP contribution in [-0.4, -0.2) is 60.7 Å². The molecule has 31 heavy (non-hydrogen) atoms. The predicted molar refractivity (Wildman–Crippen MR) is 113 cm³/mol. The van der Waals surface area contributed by atoms with Gasteiger partial charge in [0.1, 0.15) is 18.1 Å². The zero-order chi connectivity index (χ0) is 23.7. The van der Waals surface area contributed by atoms with E-state index in [0.717, 1.165) is 18.7 Å². The van der Waals surface area contributed by atoms with Gasteiger partial charge < -0.3 is 20.3 Å². The van der Waals surface area contributed by atoms with Gasteiger partial charge in [-0.15, -0.1) is 0 Å². The summed E-state index contributed by atoms with van der Waals surface area (Å²) in [7, 11) is -3.67. The molecule has 2 heterocycles. The van der Waals surface area contributed by atoms with Crippen molar-refractivity contribution in [3.8, 4) is 0 Å². The lowest BCUT2D eigenvalue weighted by Crippen LogP contribution is -2.32. The fourth-order valence-electron chi connectivity index (χ4n) is 3.30. The van der Waals surface area contributed by atoms with Gasteiger partial charge in [-0.3, -0.25) is 9.35 Å². The van der Waals surface area contributed by atoms with Crippen LogP contribution in [0.1, 0.15) is 30.6 Å². The van der Waals surface area contributed by atoms with Crippen molar-refractivity contribution < 1.29 is 31.7 Å². The summed E-state index contributed by atoms with van der Waals surface area (Å²) in [5.74, 6) is -2.06. The molecule has 1 aliphatic heterocycles. The molecule has 9 nitrogen and oxygen atoms in total. The van der Waals surface area contributed by atoms with Gasteiger partial charge in [-0.25, -0.2) is 13.6 Å². The molecule has 0 spiro atoms. The summed E-state index contributed by atoms with van der Waals surface area (Å²) in [4.78, 5) is 25.7. The number of benzene rings is 1. The van der Waals surface area contributed by atoms with Crippen LogP contribution in [0.2, 0.25) is 0 Å². The minimum Gasteiger partial charge on any atom is -0.477 e. The van der Waals surface area contributed by atoms with Gasteiger partial charge in [0.25, 0.3) is 10.1 Å². The lowest BCUT2D eigenvalue weighted by atomic mass is 10.0. The first-order valence-electron chi connectivity index (χ1n) is 9.27. The van der Waals surface area contributed by atoms with Crippen LogP contribution in [0.5, 0.6) is 0 Å². The average molecular weight is 461 g/mol. The number of hydrogen-bond acceptors (Lipinski definition) is 6. The molecule has 0 aliphatic carbocycles. The Labute approximate surface area is 177 Å². The third-order valence-electron chi connectivity index (χ3n) is 4.85. The Bertz CT molecular complexity index is 1160. The number of aromatic nitrogens is 1. The quantitative estimate of drug-likeness (QED) is 0.583. The van der Waals surface area contributed by atoms with E-state index < -0.39 is 45.1 Å². The zero-order valence-electron chi connectivity index (χ0n) is 17.3. The third kappa shape index (κ3) is 5.77. The van der Waals surface area contributed by atoms with Crippen molar-refractivity contribution in [2.24, 2.45) is 5.73 Å². The first-order chi connectivity index (χ1) is 14.2. The second-order valence-corrected chi connectivity index (χ2v) is 9.51. The van der Waals surface area contributed by atoms with Crippen LogP contribution in [0.15, 0.2) is 23.1 Å². The van der Waals surface area contributed by atoms with Crippen LogP contribution in [0.4, 0.5) is 14.5 Å². The maximum Gasteiger partial charge on any atom is 0.341 e. The van der Waals surface area contributed by atoms with Gasteiger partial charge in [-0.05, 0) is 32.4 Å². The number of carboxylic acids is 1. The molecule has 3 rings (SSSR count). The van der Waals surface area contributed by atoms with Gasteiger partial charge in [0.2, 0.25) is 5.43 Å². The van der Waals surface area contributed by atoms with E-state index >= 15 is 0 Å². The fraction of sp³-hybridized carbons (Fsp3) is 0.474. The number of carbonyl (C=O) groups is 1. The highest BCUT2D eigenvalue weighted by Gasteiger charge is 2.28. The smallest absolute Gasteiger partial charge is 0.341 e. The fourth-order valence-corrected chi connectivity index (χ4v) is 3.30. The molecule has 1 aliphatic rings. The van der Waals surface area contributed by atoms with Crippen molar-refractivity contribution in [2.75, 3.05) is 30.9 Å². The van der Waals surface area contributed by atoms with Crippen molar-refractivity contribution in [3.63, 3.8) is 0 Å². The average Bonchev–Trinajstić information content (AvgIpc) is 3.06. The van der Waals surface area contributed by atoms with Gasteiger partial charge in [-0.1, -0.05) is 0 Å². The normalized spacial score (nSPS) is 16.9. The molecule has 1 aromatic carbocycles. The van der Waals surface area contributed by atoms with E-state index in [4.69, 9.17) is 10.3 Å². The molecule has 1 atom stereocenters. The van der Waals surface area contributed by atoms with Crippen LogP contribution in [0.3, 0.4) is 0 Å². The summed E-state index contributed by atoms with van der Waals surface area (Å²) >= 11 is 0. The Morgan fingerprint density at radius 2 is 1.94 bits per heavy atom. The molecule has 0 radical (unpaired) electrons. The summed E-state index contributed by atoms with van der Waals surface area (Å²) in [5.41, 5.74) is 4.04. The van der Waals surface area contributed by atoms with Crippen LogP contribution in [0.25, 0.3) is 10.9 Å². The number of hydrogen-bond donors (Lipinski definition) is 3. The number of rotatable bonds is 4. The second kappa shape index (κ2) is 8.89. The molecule has 0 bridgehead atoms. The predicted octanol–water partition coefficient (Wildman–Crippen LogP) is 1.58. The number of nitrogens with zero attached hydrogens (tertiary/aromatic N) is 2. The highest BCUT2D eigenvalue weighted by atomic mass is 32.2. The van der Waals surface area contributed by atoms with Crippen LogP contribution < -0.4 is 16.1 Å². The molecule has 172 valence electrons. The number of halogens is 2. The molecule has 1 aromatic heterocycles. The zero-order valence-corrected chi connectivity index (χ0v) is 18.1. The third-order valence-corrected chi connectivity index (χ3v) is 4.85. The summed E-state index contributed by atoms with van der Waals surface area (Å²) in [6, 6.07) is 2.45. The number of aromatic carboxylic acids is 1. The van der Waals surface area contributed by atoms with E-state index in [2.05, 4.69) is 0 Å². The molecule has 1 saturated heterocycles. The maximum absolute atomic E-state index is 14.7. The summed E-state index contributed by atoms with van der Waals surface area (Å²) in [6.45, 7) is 3.43. The first kappa shape index (κ1) is 24.7. The Kier molecular flexibility index (Phi) is 7.08. The van der Waals surface area contributed by atoms with Gasteiger partial charge in [-0.2, -0.15) is 8.42 Å². The number of nitrogens with two attached hydrogens (primary N) is 1. The standard InChI is InChI=1S/C18H21F2N3O3.CH4O3S/c1-18(2,9-19)23-8-12(17(25)26)16(24)11-5-13(20)15(6-14(11)23)22-4-3-10(21)7-22;1-5(2,3)4/h5-6,8,10H,3-4,7,9,21H2,1-2H3,(H,25,26);1H3,(H,2,3,4)/t10-;/m0./s1. The number of anilines is 1. The van der Waals surface area contributed by atoms with Crippen molar-refractivity contribution in [1.29, 1.82) is 0 Å². The van der Waals surface area contributed by atoms with E-state index in [9.17, 15) is 31.9 Å². The van der Waals surface area contributed by atoms with Gasteiger partial charge >= 0.3 is 5.97 Å². The van der Waals surface area contributed by atoms with E-state index in [1.165, 1.54) is 10.6 Å². The van der Waals surface area contributed by atoms with E-state index in [1.807, 2.05) is 0 Å². The van der Waals surface area contributed by atoms with Crippen molar-refractivity contribution in [3.05, 3.63) is 39.9 Å². The Hall–Kier alpha value is -2.57. The Balaban J connectivity index is 0.000000614. The van der Waals surface area contributed by atoms with E-state index in [-0.39, 0.29) is 17.1 Å². The Morgan fingerprint density at radius 3 is 2.39 bits per heavy atom. The largest absolute Gasteiger partial charge is 0.477 e. The lowest BCUT2D eigenvalue weighted by molar-refractivity contribution is 0.0694. The monoisotopic (exact) mass is 461 g/mol. The molecule has 12 heteroatoms. The van der Waals surface area contributed by atoms with Gasteiger partial charge in [0, 0.05) is 30.7 Å². The van der Waals surface area contributed by atoms with Crippen LogP contribution in [-0.2, 0) is 15.7 Å². The van der Waals surface area contributed by atoms with Gasteiger partial charge in [0.05, 0.1) is 23.0 Å². The SMILES string of the molecule is CC(C)(CF)n1cc(C(=O)O)c(=O)c2cc(F)c(N3CC[C@H](N)C3)cc21.CS(=O)(=O)O. The minimum atomic E-state index is -3.67. The first-order valence-corrected chi connectivity index (χ1v) is 11.1. The molecule has 0 unspecified atom stereocenters. The minimum absolute atomic E-state index is 0.0658. The second-order valence-electron chi connectivity index (χ2n) is 8.04. The number of fused-ring (bicyclic) bond motifs is 1. The molecule has 0 amide bonds. The summed E-state index contributed by atoms with van der Waals surface area (Å²) < 4.78 is 55.5. The van der Waals surface area contributed by atoms with Crippen molar-refractivity contribution in [1.82, 2.24) is 4.57 Å². The van der Waals surface area contributed by atoms with E-state index in [0.29, 0.717) is 24.9 Å². The number of carboxylic acid groups (broad SMARTS) is 1. The van der Waals surface area contributed by atoms with Crippen molar-refractivity contribution >= 4 is 32.7 Å². The van der Waals surface area contributed by atoms with Crippen molar-refractivity contribution in [2.45, 2.75) is 31.8 Å². The number of pyridine rings is 1. The molecule has 4 N–H and O–H groups in total. The molecule has 2 aromatic rings. The van der Waals surface area contributed by atoms with Crippen LogP contribution in [0, 0.1) is 5.82 Å². The lowest BCUT2D eigenvalue weighted by Gasteiger charge is -2.28. The molecular weight excluding hydrogens is 436 g/mol. The molecular formula is C19H25F2N3O6S. The highest BCUT2D eigenvalue weighted by molar-refractivity contribution is 7.85. The Morgan fingerprint density at radius 1 is 1.35 bits per heavy atom. The molecule has 0 saturated carbocycles. The topological polar surface area (TPSA) is 143 Å². The maximum atomic E-state index is 14.7. The summed E-state index contributed by atoms with van der Waals surface area (Å²) in [6.07, 6.45) is 2.56. The van der Waals surface area contributed by atoms with Crippen LogP contribution >= 0.6 is 0 Å². The number of alkyl halides is 1. The molecule has 1 fully saturated rings. The highest BCUT2D eigenvalue weighted by Crippen LogP contribution is 2.30.